The molecule has 0 unspecified atom stereocenters. The molecule has 6 nitrogen and oxygen atoms in total. The van der Waals surface area contributed by atoms with Crippen LogP contribution in [0.1, 0.15) is 252 Å². The molecule has 0 spiro atoms. The highest BCUT2D eigenvalue weighted by Crippen LogP contribution is 2.13. The van der Waals surface area contributed by atoms with Crippen LogP contribution in [0, 0.1) is 0 Å². The molecule has 0 aromatic rings. The Bertz CT molecular complexity index is 1270. The molecule has 372 valence electrons. The van der Waals surface area contributed by atoms with Crippen molar-refractivity contribution in [1.82, 2.24) is 0 Å². The third-order valence-corrected chi connectivity index (χ3v) is 11.3. The lowest BCUT2D eigenvalue weighted by Crippen LogP contribution is -2.30. The van der Waals surface area contributed by atoms with Gasteiger partial charge in [-0.2, -0.15) is 0 Å². The standard InChI is InChI=1S/C59H100O6/c1-4-7-10-13-16-19-22-25-28-29-32-34-37-40-43-46-49-52-58(61)64-55-56(65-59(62)53-50-47-44-41-38-35-31-27-24-21-18-15-12-9-6-3)54-63-57(60)51-48-45-42-39-36-33-30-26-23-20-17-14-11-8-5-2/h16-21,25-28,30-31,36,39,56H,4-15,22-24,29,32-35,37-38,40-55H2,1-3H3/b19-16-,20-17-,21-18-,28-25-,30-26-,31-27-,39-36-/t56-/m0/s1. The number of unbranched alkanes of at least 4 members (excludes halogenated alkanes) is 23. The van der Waals surface area contributed by atoms with Gasteiger partial charge >= 0.3 is 17.9 Å². The molecule has 0 heterocycles. The highest BCUT2D eigenvalue weighted by molar-refractivity contribution is 5.71. The molecule has 0 saturated carbocycles. The lowest BCUT2D eigenvalue weighted by atomic mass is 10.1. The maximum atomic E-state index is 12.8. The maximum Gasteiger partial charge on any atom is 0.306 e. The molecule has 1 atom stereocenters. The number of hydrogen-bond donors (Lipinski definition) is 0. The Morgan fingerprint density at radius 3 is 0.892 bits per heavy atom. The Morgan fingerprint density at radius 2 is 0.554 bits per heavy atom. The molecule has 0 radical (unpaired) electrons. The van der Waals surface area contributed by atoms with Gasteiger partial charge in [-0.1, -0.05) is 196 Å². The SMILES string of the molecule is CCCCC/C=C\C/C=C\C/C=C\CCCCC(=O)OC[C@@H](COC(=O)CCCCCCCCC/C=C\C/C=C\CCCCC)OC(=O)CCCCCCC/C=C\C/C=C\CCCCC. The third kappa shape index (κ3) is 51.4. The number of rotatable bonds is 48. The van der Waals surface area contributed by atoms with Gasteiger partial charge in [-0.25, -0.2) is 0 Å². The minimum absolute atomic E-state index is 0.0990. The van der Waals surface area contributed by atoms with Crippen molar-refractivity contribution >= 4 is 17.9 Å². The molecular weight excluding hydrogens is 805 g/mol. The lowest BCUT2D eigenvalue weighted by Gasteiger charge is -2.18. The van der Waals surface area contributed by atoms with Crippen LogP contribution in [0.15, 0.2) is 85.1 Å². The van der Waals surface area contributed by atoms with Gasteiger partial charge < -0.3 is 14.2 Å². The molecule has 0 aromatic carbocycles. The van der Waals surface area contributed by atoms with Gasteiger partial charge in [-0.3, -0.25) is 14.4 Å². The molecule has 6 heteroatoms. The second-order valence-corrected chi connectivity index (χ2v) is 17.8. The van der Waals surface area contributed by atoms with Crippen LogP contribution >= 0.6 is 0 Å². The summed E-state index contributed by atoms with van der Waals surface area (Å²) in [5.74, 6) is -0.959. The minimum atomic E-state index is -0.803. The Hall–Kier alpha value is -3.41. The molecule has 0 rings (SSSR count). The second kappa shape index (κ2) is 53.2. The highest BCUT2D eigenvalue weighted by Gasteiger charge is 2.19. The fraction of sp³-hybridized carbons (Fsp3) is 0.712. The fourth-order valence-corrected chi connectivity index (χ4v) is 7.21. The quantitative estimate of drug-likeness (QED) is 0.0262. The van der Waals surface area contributed by atoms with Gasteiger partial charge in [0, 0.05) is 19.3 Å². The van der Waals surface area contributed by atoms with E-state index < -0.39 is 6.10 Å². The summed E-state index contributed by atoms with van der Waals surface area (Å²) in [6.07, 6.45) is 68.5. The molecule has 0 fully saturated rings. The van der Waals surface area contributed by atoms with Crippen LogP contribution in [0.4, 0.5) is 0 Å². The predicted molar refractivity (Wildman–Crippen MR) is 279 cm³/mol. The number of esters is 3. The molecule has 0 N–H and O–H groups in total. The first kappa shape index (κ1) is 61.6. The average Bonchev–Trinajstić information content (AvgIpc) is 3.30. The van der Waals surface area contributed by atoms with Crippen LogP contribution < -0.4 is 0 Å². The van der Waals surface area contributed by atoms with E-state index in [1.165, 1.54) is 103 Å². The molecule has 0 aliphatic rings. The van der Waals surface area contributed by atoms with E-state index in [4.69, 9.17) is 14.2 Å². The largest absolute Gasteiger partial charge is 0.462 e. The molecule has 0 bridgehead atoms. The lowest BCUT2D eigenvalue weighted by molar-refractivity contribution is -0.167. The summed E-state index contributed by atoms with van der Waals surface area (Å²) in [6.45, 7) is 6.51. The number of carbonyl (C=O) groups excluding carboxylic acids is 3. The molecule has 0 aliphatic heterocycles. The predicted octanol–water partition coefficient (Wildman–Crippen LogP) is 18.0. The Balaban J connectivity index is 4.48. The summed E-state index contributed by atoms with van der Waals surface area (Å²) in [6, 6.07) is 0. The second-order valence-electron chi connectivity index (χ2n) is 17.8. The molecule has 0 saturated heterocycles. The topological polar surface area (TPSA) is 78.9 Å². The van der Waals surface area contributed by atoms with Crippen LogP contribution in [-0.2, 0) is 28.6 Å². The molecule has 65 heavy (non-hydrogen) atoms. The van der Waals surface area contributed by atoms with Crippen molar-refractivity contribution in [2.45, 2.75) is 258 Å². The van der Waals surface area contributed by atoms with E-state index in [-0.39, 0.29) is 31.1 Å². The summed E-state index contributed by atoms with van der Waals surface area (Å²) in [5.41, 5.74) is 0. The van der Waals surface area contributed by atoms with Crippen molar-refractivity contribution in [2.75, 3.05) is 13.2 Å². The van der Waals surface area contributed by atoms with E-state index in [0.717, 1.165) is 109 Å². The number of hydrogen-bond acceptors (Lipinski definition) is 6. The average molecular weight is 905 g/mol. The molecule has 0 amide bonds. The van der Waals surface area contributed by atoms with E-state index in [2.05, 4.69) is 106 Å². The molecule has 0 aliphatic carbocycles. The molecule has 0 aromatic heterocycles. The Morgan fingerprint density at radius 1 is 0.308 bits per heavy atom. The molecular formula is C59H100O6. The Kier molecular flexibility index (Phi) is 50.4. The van der Waals surface area contributed by atoms with Crippen molar-refractivity contribution in [2.24, 2.45) is 0 Å². The minimum Gasteiger partial charge on any atom is -0.462 e. The summed E-state index contributed by atoms with van der Waals surface area (Å²) >= 11 is 0. The zero-order valence-corrected chi connectivity index (χ0v) is 42.5. The van der Waals surface area contributed by atoms with Gasteiger partial charge in [0.05, 0.1) is 0 Å². The van der Waals surface area contributed by atoms with Gasteiger partial charge in [0.2, 0.25) is 0 Å². The Labute approximate surface area is 401 Å². The number of allylic oxidation sites excluding steroid dienone is 14. The van der Waals surface area contributed by atoms with Crippen molar-refractivity contribution in [3.63, 3.8) is 0 Å². The third-order valence-electron chi connectivity index (χ3n) is 11.3. The monoisotopic (exact) mass is 905 g/mol. The number of carbonyl (C=O) groups is 3. The first-order valence-electron chi connectivity index (χ1n) is 27.1. The van der Waals surface area contributed by atoms with E-state index in [1.54, 1.807) is 0 Å². The van der Waals surface area contributed by atoms with Crippen LogP contribution in [0.25, 0.3) is 0 Å². The van der Waals surface area contributed by atoms with Gasteiger partial charge in [0.15, 0.2) is 6.10 Å². The highest BCUT2D eigenvalue weighted by atomic mass is 16.6. The summed E-state index contributed by atoms with van der Waals surface area (Å²) < 4.78 is 16.8. The van der Waals surface area contributed by atoms with E-state index >= 15 is 0 Å². The van der Waals surface area contributed by atoms with Gasteiger partial charge in [0.25, 0.3) is 0 Å². The van der Waals surface area contributed by atoms with E-state index in [9.17, 15) is 14.4 Å². The van der Waals surface area contributed by atoms with Crippen molar-refractivity contribution in [3.8, 4) is 0 Å². The summed E-state index contributed by atoms with van der Waals surface area (Å²) in [5, 5.41) is 0. The summed E-state index contributed by atoms with van der Waals surface area (Å²) in [7, 11) is 0. The fourth-order valence-electron chi connectivity index (χ4n) is 7.21. The van der Waals surface area contributed by atoms with Gasteiger partial charge in [-0.15, -0.1) is 0 Å². The van der Waals surface area contributed by atoms with Crippen LogP contribution in [0.5, 0.6) is 0 Å². The zero-order chi connectivity index (χ0) is 47.2. The summed E-state index contributed by atoms with van der Waals surface area (Å²) in [4.78, 5) is 38.0. The van der Waals surface area contributed by atoms with Crippen LogP contribution in [0.3, 0.4) is 0 Å². The first-order valence-corrected chi connectivity index (χ1v) is 27.1. The first-order chi connectivity index (χ1) is 32.0. The van der Waals surface area contributed by atoms with Gasteiger partial charge in [-0.05, 0) is 122 Å². The van der Waals surface area contributed by atoms with Gasteiger partial charge in [0.1, 0.15) is 13.2 Å². The maximum absolute atomic E-state index is 12.8. The van der Waals surface area contributed by atoms with Crippen molar-refractivity contribution in [1.29, 1.82) is 0 Å². The van der Waals surface area contributed by atoms with Crippen molar-refractivity contribution in [3.05, 3.63) is 85.1 Å². The van der Waals surface area contributed by atoms with Crippen molar-refractivity contribution < 1.29 is 28.6 Å². The van der Waals surface area contributed by atoms with E-state index in [1.807, 2.05) is 0 Å². The zero-order valence-electron chi connectivity index (χ0n) is 42.5. The smallest absolute Gasteiger partial charge is 0.306 e. The van der Waals surface area contributed by atoms with Crippen LogP contribution in [0.2, 0.25) is 0 Å². The normalized spacial score (nSPS) is 12.7. The van der Waals surface area contributed by atoms with Crippen LogP contribution in [-0.4, -0.2) is 37.2 Å². The van der Waals surface area contributed by atoms with E-state index in [0.29, 0.717) is 19.3 Å². The number of ether oxygens (including phenoxy) is 3.